The van der Waals surface area contributed by atoms with E-state index in [-0.39, 0.29) is 35.6 Å². The number of aryl methyl sites for hydroxylation is 1. The van der Waals surface area contributed by atoms with Crippen molar-refractivity contribution < 1.29 is 9.90 Å². The third-order valence-electron chi connectivity index (χ3n) is 3.85. The molecule has 0 aliphatic heterocycles. The Kier molecular flexibility index (Phi) is 10.2. The molecule has 2 aromatic carbocycles. The summed E-state index contributed by atoms with van der Waals surface area (Å²) in [7, 11) is 0. The van der Waals surface area contributed by atoms with Crippen LogP contribution < -0.4 is 16.0 Å². The molecule has 0 spiro atoms. The van der Waals surface area contributed by atoms with E-state index < -0.39 is 0 Å². The summed E-state index contributed by atoms with van der Waals surface area (Å²) >= 11 is 0. The van der Waals surface area contributed by atoms with Gasteiger partial charge in [0.1, 0.15) is 5.75 Å². The summed E-state index contributed by atoms with van der Waals surface area (Å²) in [5, 5.41) is 18.5. The van der Waals surface area contributed by atoms with Crippen molar-refractivity contribution in [2.75, 3.05) is 19.6 Å². The summed E-state index contributed by atoms with van der Waals surface area (Å²) in [6.07, 6.45) is 0. The summed E-state index contributed by atoms with van der Waals surface area (Å²) in [5.74, 6) is 0.687. The average Bonchev–Trinajstić information content (AvgIpc) is 2.64. The first-order chi connectivity index (χ1) is 12.6. The lowest BCUT2D eigenvalue weighted by molar-refractivity contribution is 0.0954. The molecule has 0 radical (unpaired) electrons. The van der Waals surface area contributed by atoms with Gasteiger partial charge in [-0.25, -0.2) is 4.99 Å². The van der Waals surface area contributed by atoms with Crippen molar-refractivity contribution in [2.24, 2.45) is 4.99 Å². The van der Waals surface area contributed by atoms with Crippen molar-refractivity contribution in [1.29, 1.82) is 0 Å². The maximum absolute atomic E-state index is 12.0. The SMILES string of the molecule is CCNC(=NCc1ccccc1C)NCCNC(=O)c1ccc(O)cc1.I. The van der Waals surface area contributed by atoms with Crippen LogP contribution in [0.15, 0.2) is 53.5 Å². The molecule has 0 unspecified atom stereocenters. The van der Waals surface area contributed by atoms with E-state index in [0.29, 0.717) is 25.2 Å². The van der Waals surface area contributed by atoms with E-state index in [4.69, 9.17) is 0 Å². The minimum Gasteiger partial charge on any atom is -0.508 e. The topological polar surface area (TPSA) is 85.8 Å². The Morgan fingerprint density at radius 3 is 2.33 bits per heavy atom. The maximum atomic E-state index is 12.0. The largest absolute Gasteiger partial charge is 0.508 e. The van der Waals surface area contributed by atoms with Gasteiger partial charge in [0.15, 0.2) is 5.96 Å². The molecule has 2 aromatic rings. The highest BCUT2D eigenvalue weighted by Crippen LogP contribution is 2.09. The minimum atomic E-state index is -0.173. The molecular weight excluding hydrogens is 455 g/mol. The van der Waals surface area contributed by atoms with Gasteiger partial charge in [-0.3, -0.25) is 4.79 Å². The first-order valence-electron chi connectivity index (χ1n) is 8.74. The summed E-state index contributed by atoms with van der Waals surface area (Å²) in [4.78, 5) is 16.6. The molecule has 0 saturated heterocycles. The highest BCUT2D eigenvalue weighted by molar-refractivity contribution is 14.0. The summed E-state index contributed by atoms with van der Waals surface area (Å²) in [6.45, 7) is 6.47. The second-order valence-electron chi connectivity index (χ2n) is 5.85. The molecule has 27 heavy (non-hydrogen) atoms. The highest BCUT2D eigenvalue weighted by atomic mass is 127. The van der Waals surface area contributed by atoms with E-state index in [0.717, 1.165) is 12.5 Å². The molecule has 0 heterocycles. The first kappa shape index (κ1) is 22.8. The number of carbonyl (C=O) groups excluding carboxylic acids is 1. The molecule has 7 heteroatoms. The summed E-state index contributed by atoms with van der Waals surface area (Å²) in [6, 6.07) is 14.3. The number of aromatic hydroxyl groups is 1. The van der Waals surface area contributed by atoms with Gasteiger partial charge in [-0.15, -0.1) is 24.0 Å². The fraction of sp³-hybridized carbons (Fsp3) is 0.300. The number of halogens is 1. The minimum absolute atomic E-state index is 0. The van der Waals surface area contributed by atoms with E-state index in [1.165, 1.54) is 23.3 Å². The number of rotatable bonds is 7. The molecule has 0 bridgehead atoms. The Morgan fingerprint density at radius 2 is 1.67 bits per heavy atom. The number of benzene rings is 2. The number of phenols is 1. The quantitative estimate of drug-likeness (QED) is 0.212. The number of nitrogens with zero attached hydrogens (tertiary/aromatic N) is 1. The number of hydrogen-bond donors (Lipinski definition) is 4. The summed E-state index contributed by atoms with van der Waals surface area (Å²) < 4.78 is 0. The lowest BCUT2D eigenvalue weighted by Crippen LogP contribution is -2.41. The lowest BCUT2D eigenvalue weighted by atomic mass is 10.1. The van der Waals surface area contributed by atoms with Crippen LogP contribution in [0.1, 0.15) is 28.4 Å². The van der Waals surface area contributed by atoms with E-state index >= 15 is 0 Å². The first-order valence-corrected chi connectivity index (χ1v) is 8.74. The molecule has 0 saturated carbocycles. The molecule has 6 nitrogen and oxygen atoms in total. The van der Waals surface area contributed by atoms with Crippen molar-refractivity contribution in [3.05, 3.63) is 65.2 Å². The van der Waals surface area contributed by atoms with Crippen molar-refractivity contribution >= 4 is 35.8 Å². The second kappa shape index (κ2) is 12.2. The van der Waals surface area contributed by atoms with E-state index in [2.05, 4.69) is 40.0 Å². The normalized spacial score (nSPS) is 10.7. The Hall–Kier alpha value is -2.29. The smallest absolute Gasteiger partial charge is 0.251 e. The van der Waals surface area contributed by atoms with Gasteiger partial charge in [-0.2, -0.15) is 0 Å². The Morgan fingerprint density at radius 1 is 1.00 bits per heavy atom. The van der Waals surface area contributed by atoms with E-state index in [1.54, 1.807) is 12.1 Å². The van der Waals surface area contributed by atoms with Crippen LogP contribution in [0.3, 0.4) is 0 Å². The Bertz CT molecular complexity index is 748. The number of guanidine groups is 1. The molecular formula is C20H27IN4O2. The molecule has 0 atom stereocenters. The zero-order valence-corrected chi connectivity index (χ0v) is 18.0. The predicted molar refractivity (Wildman–Crippen MR) is 120 cm³/mol. The highest BCUT2D eigenvalue weighted by Gasteiger charge is 2.05. The molecule has 0 aromatic heterocycles. The zero-order valence-electron chi connectivity index (χ0n) is 15.7. The standard InChI is InChI=1S/C20H26N4O2.HI/c1-3-21-20(24-14-17-7-5-4-6-15(17)2)23-13-12-22-19(26)16-8-10-18(25)11-9-16;/h4-11,25H,3,12-14H2,1-2H3,(H,22,26)(H2,21,23,24);1H. The molecule has 4 N–H and O–H groups in total. The van der Waals surface area contributed by atoms with Crippen molar-refractivity contribution in [3.63, 3.8) is 0 Å². The van der Waals surface area contributed by atoms with Crippen LogP contribution in [-0.2, 0) is 6.54 Å². The van der Waals surface area contributed by atoms with Gasteiger partial charge in [0.2, 0.25) is 0 Å². The molecule has 2 rings (SSSR count). The molecule has 0 aliphatic carbocycles. The second-order valence-corrected chi connectivity index (χ2v) is 5.85. The van der Waals surface area contributed by atoms with E-state index in [1.807, 2.05) is 19.1 Å². The fourth-order valence-electron chi connectivity index (χ4n) is 2.37. The van der Waals surface area contributed by atoms with Crippen molar-refractivity contribution in [1.82, 2.24) is 16.0 Å². The van der Waals surface area contributed by atoms with Gasteiger partial charge >= 0.3 is 0 Å². The Balaban J connectivity index is 0.00000364. The van der Waals surface area contributed by atoms with Gasteiger partial charge in [-0.1, -0.05) is 24.3 Å². The third-order valence-corrected chi connectivity index (χ3v) is 3.85. The van der Waals surface area contributed by atoms with Gasteiger partial charge in [0.25, 0.3) is 5.91 Å². The fourth-order valence-corrected chi connectivity index (χ4v) is 2.37. The molecule has 1 amide bonds. The third kappa shape index (κ3) is 7.86. The predicted octanol–water partition coefficient (Wildman–Crippen LogP) is 2.80. The number of phenolic OH excluding ortho intramolecular Hbond substituents is 1. The molecule has 146 valence electrons. The number of hydrogen-bond acceptors (Lipinski definition) is 3. The van der Waals surface area contributed by atoms with Crippen LogP contribution in [-0.4, -0.2) is 36.6 Å². The molecule has 0 aliphatic rings. The van der Waals surface area contributed by atoms with Crippen LogP contribution in [0.25, 0.3) is 0 Å². The van der Waals surface area contributed by atoms with Crippen molar-refractivity contribution in [2.45, 2.75) is 20.4 Å². The van der Waals surface area contributed by atoms with E-state index in [9.17, 15) is 9.90 Å². The Labute approximate surface area is 177 Å². The maximum Gasteiger partial charge on any atom is 0.251 e. The average molecular weight is 482 g/mol. The van der Waals surface area contributed by atoms with Crippen LogP contribution in [0.5, 0.6) is 5.75 Å². The number of nitrogens with one attached hydrogen (secondary N) is 3. The monoisotopic (exact) mass is 482 g/mol. The number of carbonyl (C=O) groups is 1. The van der Waals surface area contributed by atoms with Gasteiger partial charge in [0.05, 0.1) is 6.54 Å². The lowest BCUT2D eigenvalue weighted by Gasteiger charge is -2.12. The zero-order chi connectivity index (χ0) is 18.8. The van der Waals surface area contributed by atoms with Crippen LogP contribution in [0, 0.1) is 6.92 Å². The summed E-state index contributed by atoms with van der Waals surface area (Å²) in [5.41, 5.74) is 2.92. The molecule has 0 fully saturated rings. The number of amides is 1. The number of aliphatic imine (C=N–C) groups is 1. The van der Waals surface area contributed by atoms with Gasteiger partial charge in [0, 0.05) is 25.2 Å². The van der Waals surface area contributed by atoms with Crippen LogP contribution in [0.4, 0.5) is 0 Å². The van der Waals surface area contributed by atoms with Crippen LogP contribution >= 0.6 is 24.0 Å². The van der Waals surface area contributed by atoms with Crippen LogP contribution in [0.2, 0.25) is 0 Å². The van der Waals surface area contributed by atoms with Gasteiger partial charge in [-0.05, 0) is 49.2 Å². The van der Waals surface area contributed by atoms with Gasteiger partial charge < -0.3 is 21.1 Å². The van der Waals surface area contributed by atoms with Crippen molar-refractivity contribution in [3.8, 4) is 5.75 Å².